The molecule has 0 aliphatic heterocycles. The number of amides is 2. The van der Waals surface area contributed by atoms with Gasteiger partial charge < -0.3 is 5.32 Å². The Labute approximate surface area is 127 Å². The molecule has 2 aromatic carbocycles. The first kappa shape index (κ1) is 15.0. The Hall–Kier alpha value is -2.37. The molecule has 5 nitrogen and oxygen atoms in total. The maximum Gasteiger partial charge on any atom is 0.255 e. The number of rotatable bonds is 4. The molecule has 0 fully saturated rings. The molecule has 0 unspecified atom stereocenters. The lowest BCUT2D eigenvalue weighted by Gasteiger charge is -2.07. The van der Waals surface area contributed by atoms with Gasteiger partial charge in [0.2, 0.25) is 5.91 Å². The van der Waals surface area contributed by atoms with Crippen molar-refractivity contribution < 1.29 is 9.59 Å². The molecule has 4 N–H and O–H groups in total. The number of hydrogen-bond donors (Lipinski definition) is 3. The van der Waals surface area contributed by atoms with Gasteiger partial charge >= 0.3 is 0 Å². The van der Waals surface area contributed by atoms with Crippen molar-refractivity contribution in [3.05, 3.63) is 64.7 Å². The van der Waals surface area contributed by atoms with Crippen molar-refractivity contribution in [2.24, 2.45) is 5.84 Å². The minimum Gasteiger partial charge on any atom is -0.322 e. The van der Waals surface area contributed by atoms with Crippen LogP contribution in [-0.2, 0) is 11.2 Å². The van der Waals surface area contributed by atoms with Crippen molar-refractivity contribution in [1.29, 1.82) is 0 Å². The van der Waals surface area contributed by atoms with Gasteiger partial charge in [-0.05, 0) is 35.9 Å². The quantitative estimate of drug-likeness (QED) is 0.459. The summed E-state index contributed by atoms with van der Waals surface area (Å²) in [5.41, 5.74) is 3.99. The molecule has 0 saturated carbocycles. The number of hydrogen-bond acceptors (Lipinski definition) is 3. The molecule has 0 saturated heterocycles. The van der Waals surface area contributed by atoms with E-state index in [1.807, 2.05) is 0 Å². The van der Waals surface area contributed by atoms with Gasteiger partial charge in [0.1, 0.15) is 0 Å². The first-order chi connectivity index (χ1) is 10.1. The van der Waals surface area contributed by atoms with Crippen molar-refractivity contribution in [1.82, 2.24) is 5.43 Å². The zero-order chi connectivity index (χ0) is 15.2. The molecule has 2 aromatic rings. The van der Waals surface area contributed by atoms with Crippen molar-refractivity contribution >= 4 is 29.1 Å². The lowest BCUT2D eigenvalue weighted by atomic mass is 10.1. The van der Waals surface area contributed by atoms with Gasteiger partial charge in [0.05, 0.1) is 6.42 Å². The molecule has 6 heteroatoms. The fraction of sp³-hybridized carbons (Fsp3) is 0.0667. The Bertz CT molecular complexity index is 656. The smallest absolute Gasteiger partial charge is 0.255 e. The Morgan fingerprint density at radius 3 is 2.43 bits per heavy atom. The third-order valence-electron chi connectivity index (χ3n) is 2.82. The molecule has 0 atom stereocenters. The van der Waals surface area contributed by atoms with Crippen LogP contribution in [0.1, 0.15) is 15.9 Å². The molecule has 0 radical (unpaired) electrons. The SMILES string of the molecule is NNC(=O)Cc1ccc(NC(=O)c2cccc(Cl)c2)cc1. The Morgan fingerprint density at radius 2 is 1.81 bits per heavy atom. The first-order valence-electron chi connectivity index (χ1n) is 6.24. The van der Waals surface area contributed by atoms with Crippen LogP contribution in [0.2, 0.25) is 5.02 Å². The van der Waals surface area contributed by atoms with E-state index in [4.69, 9.17) is 17.4 Å². The van der Waals surface area contributed by atoms with Crippen LogP contribution in [0, 0.1) is 0 Å². The van der Waals surface area contributed by atoms with E-state index in [-0.39, 0.29) is 18.2 Å². The Balaban J connectivity index is 2.03. The summed E-state index contributed by atoms with van der Waals surface area (Å²) in [5, 5.41) is 3.26. The summed E-state index contributed by atoms with van der Waals surface area (Å²) in [6, 6.07) is 13.6. The summed E-state index contributed by atoms with van der Waals surface area (Å²) in [6.07, 6.45) is 0.193. The van der Waals surface area contributed by atoms with Crippen LogP contribution in [0.25, 0.3) is 0 Å². The van der Waals surface area contributed by atoms with E-state index < -0.39 is 0 Å². The highest BCUT2D eigenvalue weighted by atomic mass is 35.5. The van der Waals surface area contributed by atoms with Gasteiger partial charge in [-0.25, -0.2) is 5.84 Å². The Kier molecular flexibility index (Phi) is 4.92. The molecule has 0 aliphatic rings. The fourth-order valence-corrected chi connectivity index (χ4v) is 1.97. The summed E-state index contributed by atoms with van der Waals surface area (Å²) in [5.74, 6) is 4.51. The molecule has 21 heavy (non-hydrogen) atoms. The number of anilines is 1. The van der Waals surface area contributed by atoms with Crippen LogP contribution in [0.15, 0.2) is 48.5 Å². The number of halogens is 1. The van der Waals surface area contributed by atoms with Crippen LogP contribution < -0.4 is 16.6 Å². The molecule has 2 rings (SSSR count). The standard InChI is InChI=1S/C15H14ClN3O2/c16-12-3-1-2-11(9-12)15(21)18-13-6-4-10(5-7-13)8-14(20)19-17/h1-7,9H,8,17H2,(H,18,21)(H,19,20). The van der Waals surface area contributed by atoms with Gasteiger partial charge in [0, 0.05) is 16.3 Å². The van der Waals surface area contributed by atoms with Crippen LogP contribution in [0.3, 0.4) is 0 Å². The van der Waals surface area contributed by atoms with Crippen molar-refractivity contribution in [3.8, 4) is 0 Å². The van der Waals surface area contributed by atoms with E-state index in [9.17, 15) is 9.59 Å². The topological polar surface area (TPSA) is 84.2 Å². The van der Waals surface area contributed by atoms with Gasteiger partial charge in [-0.3, -0.25) is 15.0 Å². The number of benzene rings is 2. The van der Waals surface area contributed by atoms with Gasteiger partial charge in [0.15, 0.2) is 0 Å². The minimum atomic E-state index is -0.272. The average Bonchev–Trinajstić information content (AvgIpc) is 2.49. The molecule has 0 heterocycles. The molecule has 2 amide bonds. The Morgan fingerprint density at radius 1 is 1.10 bits per heavy atom. The van der Waals surface area contributed by atoms with Crippen LogP contribution in [0.4, 0.5) is 5.69 Å². The summed E-state index contributed by atoms with van der Waals surface area (Å²) in [4.78, 5) is 23.2. The van der Waals surface area contributed by atoms with Gasteiger partial charge in [-0.2, -0.15) is 0 Å². The van der Waals surface area contributed by atoms with Gasteiger partial charge in [-0.15, -0.1) is 0 Å². The maximum absolute atomic E-state index is 12.0. The second-order valence-corrected chi connectivity index (χ2v) is 4.84. The molecule has 0 bridgehead atoms. The van der Waals surface area contributed by atoms with Crippen LogP contribution in [0.5, 0.6) is 0 Å². The number of carbonyl (C=O) groups excluding carboxylic acids is 2. The van der Waals surface area contributed by atoms with Crippen LogP contribution >= 0.6 is 11.6 Å². The first-order valence-corrected chi connectivity index (χ1v) is 6.61. The van der Waals surface area contributed by atoms with E-state index in [2.05, 4.69) is 10.7 Å². The highest BCUT2D eigenvalue weighted by Gasteiger charge is 2.07. The van der Waals surface area contributed by atoms with Crippen molar-refractivity contribution in [2.75, 3.05) is 5.32 Å². The van der Waals surface area contributed by atoms with Crippen molar-refractivity contribution in [2.45, 2.75) is 6.42 Å². The van der Waals surface area contributed by atoms with E-state index >= 15 is 0 Å². The fourth-order valence-electron chi connectivity index (χ4n) is 1.78. The largest absolute Gasteiger partial charge is 0.322 e. The molecule has 108 valence electrons. The summed E-state index contributed by atoms with van der Waals surface area (Å²) >= 11 is 5.85. The monoisotopic (exact) mass is 303 g/mol. The van der Waals surface area contributed by atoms with E-state index in [1.54, 1.807) is 48.5 Å². The van der Waals surface area contributed by atoms with Crippen molar-refractivity contribution in [3.63, 3.8) is 0 Å². The number of nitrogens with two attached hydrogens (primary N) is 1. The van der Waals surface area contributed by atoms with Crippen LogP contribution in [-0.4, -0.2) is 11.8 Å². The number of hydrazine groups is 1. The molecular formula is C15H14ClN3O2. The highest BCUT2D eigenvalue weighted by Crippen LogP contribution is 2.14. The zero-order valence-electron chi connectivity index (χ0n) is 11.1. The second kappa shape index (κ2) is 6.88. The lowest BCUT2D eigenvalue weighted by molar-refractivity contribution is -0.120. The number of carbonyl (C=O) groups is 2. The third kappa shape index (κ3) is 4.30. The zero-order valence-corrected chi connectivity index (χ0v) is 11.9. The van der Waals surface area contributed by atoms with Gasteiger partial charge in [-0.1, -0.05) is 29.8 Å². The summed E-state index contributed by atoms with van der Waals surface area (Å²) < 4.78 is 0. The molecule has 0 aromatic heterocycles. The average molecular weight is 304 g/mol. The number of nitrogens with one attached hydrogen (secondary N) is 2. The minimum absolute atomic E-state index is 0.193. The van der Waals surface area contributed by atoms with Gasteiger partial charge in [0.25, 0.3) is 5.91 Å². The predicted octanol–water partition coefficient (Wildman–Crippen LogP) is 2.12. The predicted molar refractivity (Wildman–Crippen MR) is 81.9 cm³/mol. The van der Waals surface area contributed by atoms with E-state index in [0.29, 0.717) is 16.3 Å². The molecule has 0 spiro atoms. The molecular weight excluding hydrogens is 290 g/mol. The van der Waals surface area contributed by atoms with E-state index in [0.717, 1.165) is 5.56 Å². The summed E-state index contributed by atoms with van der Waals surface area (Å²) in [6.45, 7) is 0. The third-order valence-corrected chi connectivity index (χ3v) is 3.06. The maximum atomic E-state index is 12.0. The lowest BCUT2D eigenvalue weighted by Crippen LogP contribution is -2.31. The second-order valence-electron chi connectivity index (χ2n) is 4.41. The van der Waals surface area contributed by atoms with E-state index in [1.165, 1.54) is 0 Å². The normalized spacial score (nSPS) is 10.0. The highest BCUT2D eigenvalue weighted by molar-refractivity contribution is 6.31. The summed E-state index contributed by atoms with van der Waals surface area (Å²) in [7, 11) is 0. The molecule has 0 aliphatic carbocycles.